The van der Waals surface area contributed by atoms with Crippen LogP contribution in [0.2, 0.25) is 0 Å². The number of aliphatic carboxylic acids is 1. The summed E-state index contributed by atoms with van der Waals surface area (Å²) in [6.07, 6.45) is -0.591. The third-order valence-electron chi connectivity index (χ3n) is 4.56. The zero-order valence-electron chi connectivity index (χ0n) is 14.9. The molecule has 11 heteroatoms. The number of fused-ring (bicyclic) bond motifs is 1. The van der Waals surface area contributed by atoms with Gasteiger partial charge in [-0.2, -0.15) is 18.3 Å². The first kappa shape index (κ1) is 21.2. The van der Waals surface area contributed by atoms with Gasteiger partial charge in [-0.1, -0.05) is 0 Å². The van der Waals surface area contributed by atoms with Crippen molar-refractivity contribution in [3.05, 3.63) is 18.0 Å². The topological polar surface area (TPSA) is 96.7 Å². The number of carboxylic acids is 1. The fourth-order valence-electron chi connectivity index (χ4n) is 3.21. The molecule has 0 radical (unpaired) electrons. The minimum Gasteiger partial charge on any atom is -0.475 e. The van der Waals surface area contributed by atoms with Gasteiger partial charge >= 0.3 is 12.1 Å². The minimum atomic E-state index is -5.08. The standard InChI is InChI=1S/C14H22N4O2.C2HF3O2/c1-15-14(19)8-13-10-17(11-3-6-20-7-4-11)9-12-2-5-16-18(12)13;3-2(4,5)1(6)7/h2,5,11,13H,3-4,6-10H2,1H3,(H,15,19);(H,6,7). The Labute approximate surface area is 154 Å². The van der Waals surface area contributed by atoms with Gasteiger partial charge in [-0.25, -0.2) is 4.79 Å². The molecule has 1 amide bonds. The normalized spacial score (nSPS) is 21.0. The summed E-state index contributed by atoms with van der Waals surface area (Å²) in [6.45, 7) is 3.52. The smallest absolute Gasteiger partial charge is 0.475 e. The lowest BCUT2D eigenvalue weighted by molar-refractivity contribution is -0.192. The lowest BCUT2D eigenvalue weighted by Crippen LogP contribution is -2.46. The van der Waals surface area contributed by atoms with E-state index < -0.39 is 12.1 Å². The second kappa shape index (κ2) is 9.18. The van der Waals surface area contributed by atoms with Crippen LogP contribution in [0.4, 0.5) is 13.2 Å². The van der Waals surface area contributed by atoms with Gasteiger partial charge in [0.25, 0.3) is 0 Å². The molecule has 3 rings (SSSR count). The van der Waals surface area contributed by atoms with Gasteiger partial charge in [-0.3, -0.25) is 14.4 Å². The van der Waals surface area contributed by atoms with E-state index in [1.54, 1.807) is 7.05 Å². The summed E-state index contributed by atoms with van der Waals surface area (Å²) in [7, 11) is 1.69. The summed E-state index contributed by atoms with van der Waals surface area (Å²) in [6, 6.07) is 2.76. The van der Waals surface area contributed by atoms with Gasteiger partial charge in [0.05, 0.1) is 18.2 Å². The maximum Gasteiger partial charge on any atom is 0.490 e. The molecular formula is C16H23F3N4O4. The van der Waals surface area contributed by atoms with Crippen molar-refractivity contribution in [2.45, 2.75) is 44.1 Å². The molecule has 2 aliphatic rings. The summed E-state index contributed by atoms with van der Waals surface area (Å²) in [5.74, 6) is -2.68. The average molecular weight is 392 g/mol. The Bertz CT molecular complexity index is 644. The SMILES string of the molecule is CNC(=O)CC1CN(C2CCOCC2)Cc2ccnn21.O=C(O)C(F)(F)F. The maximum absolute atomic E-state index is 11.7. The number of nitrogens with one attached hydrogen (secondary N) is 1. The van der Waals surface area contributed by atoms with E-state index >= 15 is 0 Å². The van der Waals surface area contributed by atoms with E-state index in [-0.39, 0.29) is 11.9 Å². The van der Waals surface area contributed by atoms with Crippen molar-refractivity contribution in [1.82, 2.24) is 20.0 Å². The molecule has 0 aromatic carbocycles. The molecule has 1 unspecified atom stereocenters. The predicted molar refractivity (Wildman–Crippen MR) is 87.9 cm³/mol. The number of hydrogen-bond donors (Lipinski definition) is 2. The van der Waals surface area contributed by atoms with Gasteiger partial charge in [-0.15, -0.1) is 0 Å². The Morgan fingerprint density at radius 1 is 1.37 bits per heavy atom. The molecule has 8 nitrogen and oxygen atoms in total. The van der Waals surface area contributed by atoms with Crippen molar-refractivity contribution in [2.24, 2.45) is 0 Å². The number of carboxylic acid groups (broad SMARTS) is 1. The molecule has 3 heterocycles. The maximum atomic E-state index is 11.7. The van der Waals surface area contributed by atoms with E-state index in [9.17, 15) is 18.0 Å². The highest BCUT2D eigenvalue weighted by atomic mass is 19.4. The van der Waals surface area contributed by atoms with Crippen molar-refractivity contribution in [2.75, 3.05) is 26.8 Å². The Morgan fingerprint density at radius 3 is 2.56 bits per heavy atom. The summed E-state index contributed by atoms with van der Waals surface area (Å²) >= 11 is 0. The summed E-state index contributed by atoms with van der Waals surface area (Å²) in [4.78, 5) is 23.1. The number of nitrogens with zero attached hydrogens (tertiary/aromatic N) is 3. The van der Waals surface area contributed by atoms with E-state index in [0.717, 1.165) is 39.1 Å². The second-order valence-electron chi connectivity index (χ2n) is 6.37. The van der Waals surface area contributed by atoms with Crippen LogP contribution in [0.25, 0.3) is 0 Å². The molecule has 1 aromatic rings. The molecule has 2 aliphatic heterocycles. The number of alkyl halides is 3. The van der Waals surface area contributed by atoms with Crippen LogP contribution in [0.3, 0.4) is 0 Å². The van der Waals surface area contributed by atoms with Crippen LogP contribution >= 0.6 is 0 Å². The van der Waals surface area contributed by atoms with Crippen LogP contribution in [0.15, 0.2) is 12.3 Å². The van der Waals surface area contributed by atoms with Crippen LogP contribution in [0, 0.1) is 0 Å². The first-order valence-corrected chi connectivity index (χ1v) is 8.57. The zero-order valence-corrected chi connectivity index (χ0v) is 14.9. The number of rotatable bonds is 3. The molecule has 1 aromatic heterocycles. The van der Waals surface area contributed by atoms with Crippen LogP contribution in [-0.2, 0) is 20.9 Å². The number of hydrogen-bond acceptors (Lipinski definition) is 5. The minimum absolute atomic E-state index is 0.0743. The lowest BCUT2D eigenvalue weighted by atomic mass is 10.0. The third kappa shape index (κ3) is 5.93. The molecule has 1 saturated heterocycles. The summed E-state index contributed by atoms with van der Waals surface area (Å²) in [5, 5.41) is 14.2. The number of carbonyl (C=O) groups excluding carboxylic acids is 1. The number of halogens is 3. The van der Waals surface area contributed by atoms with Gasteiger partial charge in [0.2, 0.25) is 5.91 Å². The fourth-order valence-corrected chi connectivity index (χ4v) is 3.21. The molecule has 1 atom stereocenters. The molecule has 152 valence electrons. The number of ether oxygens (including phenoxy) is 1. The Kier molecular flexibility index (Phi) is 7.19. The van der Waals surface area contributed by atoms with Crippen LogP contribution in [0.5, 0.6) is 0 Å². The van der Waals surface area contributed by atoms with E-state index in [2.05, 4.69) is 21.4 Å². The highest BCUT2D eigenvalue weighted by molar-refractivity contribution is 5.76. The van der Waals surface area contributed by atoms with E-state index in [0.29, 0.717) is 12.5 Å². The number of aromatic nitrogens is 2. The van der Waals surface area contributed by atoms with Gasteiger partial charge in [0.15, 0.2) is 0 Å². The Hall–Kier alpha value is -2.14. The monoisotopic (exact) mass is 392 g/mol. The van der Waals surface area contributed by atoms with Gasteiger partial charge in [0.1, 0.15) is 0 Å². The van der Waals surface area contributed by atoms with Crippen LogP contribution in [0.1, 0.15) is 31.0 Å². The average Bonchev–Trinajstić information content (AvgIpc) is 3.11. The molecule has 0 saturated carbocycles. The summed E-state index contributed by atoms with van der Waals surface area (Å²) in [5.41, 5.74) is 1.21. The van der Waals surface area contributed by atoms with Crippen molar-refractivity contribution >= 4 is 11.9 Å². The number of carbonyl (C=O) groups is 2. The molecule has 1 fully saturated rings. The van der Waals surface area contributed by atoms with Crippen molar-refractivity contribution in [3.63, 3.8) is 0 Å². The molecule has 2 N–H and O–H groups in total. The van der Waals surface area contributed by atoms with Crippen molar-refractivity contribution in [1.29, 1.82) is 0 Å². The van der Waals surface area contributed by atoms with Gasteiger partial charge in [-0.05, 0) is 18.9 Å². The van der Waals surface area contributed by atoms with Crippen molar-refractivity contribution < 1.29 is 32.6 Å². The van der Waals surface area contributed by atoms with E-state index in [1.165, 1.54) is 5.69 Å². The highest BCUT2D eigenvalue weighted by Gasteiger charge is 2.38. The first-order chi connectivity index (χ1) is 12.7. The fraction of sp³-hybridized carbons (Fsp3) is 0.688. The zero-order chi connectivity index (χ0) is 20.0. The van der Waals surface area contributed by atoms with E-state index in [1.807, 2.05) is 10.9 Å². The quantitative estimate of drug-likeness (QED) is 0.802. The van der Waals surface area contributed by atoms with Crippen LogP contribution < -0.4 is 5.32 Å². The van der Waals surface area contributed by atoms with Crippen LogP contribution in [-0.4, -0.2) is 70.7 Å². The lowest BCUT2D eigenvalue weighted by Gasteiger charge is -2.40. The van der Waals surface area contributed by atoms with Gasteiger partial charge in [0, 0.05) is 45.6 Å². The highest BCUT2D eigenvalue weighted by Crippen LogP contribution is 2.27. The number of amides is 1. The van der Waals surface area contributed by atoms with E-state index in [4.69, 9.17) is 14.6 Å². The molecule has 0 aliphatic carbocycles. The molecule has 27 heavy (non-hydrogen) atoms. The predicted octanol–water partition coefficient (Wildman–Crippen LogP) is 1.19. The van der Waals surface area contributed by atoms with Crippen molar-refractivity contribution in [3.8, 4) is 0 Å². The molecular weight excluding hydrogens is 369 g/mol. The largest absolute Gasteiger partial charge is 0.490 e. The summed E-state index contributed by atoms with van der Waals surface area (Å²) < 4.78 is 39.2. The third-order valence-corrected chi connectivity index (χ3v) is 4.56. The van der Waals surface area contributed by atoms with Gasteiger partial charge < -0.3 is 15.2 Å². The molecule has 0 bridgehead atoms. The first-order valence-electron chi connectivity index (χ1n) is 8.57. The second-order valence-corrected chi connectivity index (χ2v) is 6.37. The molecule has 0 spiro atoms. The Balaban J connectivity index is 0.000000321. The Morgan fingerprint density at radius 2 is 2.00 bits per heavy atom.